The summed E-state index contributed by atoms with van der Waals surface area (Å²) in [5.41, 5.74) is 2.57. The molecule has 8 nitrogen and oxygen atoms in total. The summed E-state index contributed by atoms with van der Waals surface area (Å²) in [5, 5.41) is 14.3. The van der Waals surface area contributed by atoms with Gasteiger partial charge < -0.3 is 25.2 Å². The van der Waals surface area contributed by atoms with Crippen LogP contribution in [0.5, 0.6) is 5.75 Å². The summed E-state index contributed by atoms with van der Waals surface area (Å²) in [6.45, 7) is 1.68. The highest BCUT2D eigenvalue weighted by Gasteiger charge is 2.21. The van der Waals surface area contributed by atoms with Crippen molar-refractivity contribution < 1.29 is 14.3 Å². The molecule has 39 heavy (non-hydrogen) atoms. The van der Waals surface area contributed by atoms with Gasteiger partial charge in [0.1, 0.15) is 11.6 Å². The third kappa shape index (κ3) is 7.84. The highest BCUT2D eigenvalue weighted by Crippen LogP contribution is 2.33. The minimum atomic E-state index is -0.486. The summed E-state index contributed by atoms with van der Waals surface area (Å²) in [7, 11) is 7.34. The van der Waals surface area contributed by atoms with Crippen molar-refractivity contribution in [3.8, 4) is 18.1 Å². The number of halogens is 1. The van der Waals surface area contributed by atoms with Gasteiger partial charge in [0.2, 0.25) is 0 Å². The molecule has 0 fully saturated rings. The average Bonchev–Trinajstić information content (AvgIpc) is 2.93. The minimum absolute atomic E-state index is 0.131. The Balaban J connectivity index is 1.78. The first kappa shape index (κ1) is 29.2. The van der Waals surface area contributed by atoms with Gasteiger partial charge in [-0.05, 0) is 69.5 Å². The Hall–Kier alpha value is -4.32. The second-order valence-corrected chi connectivity index (χ2v) is 9.60. The van der Waals surface area contributed by atoms with E-state index in [2.05, 4.69) is 21.5 Å². The van der Waals surface area contributed by atoms with E-state index < -0.39 is 11.8 Å². The van der Waals surface area contributed by atoms with Crippen molar-refractivity contribution in [2.75, 3.05) is 52.0 Å². The van der Waals surface area contributed by atoms with Crippen LogP contribution >= 0.6 is 11.6 Å². The molecule has 0 aliphatic carbocycles. The van der Waals surface area contributed by atoms with Crippen molar-refractivity contribution in [2.24, 2.45) is 0 Å². The number of methoxy groups -OCH3 is 1. The molecule has 3 aromatic carbocycles. The monoisotopic (exact) mass is 545 g/mol. The summed E-state index contributed by atoms with van der Waals surface area (Å²) < 4.78 is 5.42. The first-order valence-electron chi connectivity index (χ1n) is 12.2. The molecule has 3 N–H and O–H groups in total. The van der Waals surface area contributed by atoms with E-state index in [4.69, 9.17) is 28.2 Å². The number of rotatable bonds is 10. The van der Waals surface area contributed by atoms with Crippen LogP contribution in [-0.4, -0.2) is 68.8 Å². The van der Waals surface area contributed by atoms with Crippen molar-refractivity contribution in [3.63, 3.8) is 0 Å². The molecular weight excluding hydrogens is 514 g/mol. The Morgan fingerprint density at radius 2 is 1.59 bits per heavy atom. The molecule has 0 saturated carbocycles. The summed E-state index contributed by atoms with van der Waals surface area (Å²) in [5.74, 6) is 2.20. The lowest BCUT2D eigenvalue weighted by Crippen LogP contribution is -2.29. The number of terminal acetylenes is 1. The van der Waals surface area contributed by atoms with E-state index in [-0.39, 0.29) is 22.0 Å². The predicted octanol–water partition coefficient (Wildman–Crippen LogP) is 5.04. The molecule has 0 aromatic heterocycles. The van der Waals surface area contributed by atoms with Gasteiger partial charge in [-0.15, -0.1) is 6.42 Å². The van der Waals surface area contributed by atoms with Gasteiger partial charge in [-0.1, -0.05) is 29.7 Å². The lowest BCUT2D eigenvalue weighted by Gasteiger charge is -2.21. The number of amidine groups is 1. The number of ether oxygens (including phenoxy) is 1. The summed E-state index contributed by atoms with van der Waals surface area (Å²) in [6.07, 6.45) is 6.33. The zero-order valence-corrected chi connectivity index (χ0v) is 23.2. The number of anilines is 2. The molecule has 0 spiro atoms. The van der Waals surface area contributed by atoms with Crippen LogP contribution in [0.4, 0.5) is 11.4 Å². The summed E-state index contributed by atoms with van der Waals surface area (Å²) in [6, 6.07) is 16.5. The molecule has 0 atom stereocenters. The van der Waals surface area contributed by atoms with Crippen LogP contribution in [-0.2, 0) is 0 Å². The van der Waals surface area contributed by atoms with Crippen molar-refractivity contribution >= 4 is 40.6 Å². The molecule has 0 saturated heterocycles. The number of benzene rings is 3. The topological polar surface area (TPSA) is 97.8 Å². The average molecular weight is 546 g/mol. The van der Waals surface area contributed by atoms with E-state index in [9.17, 15) is 9.59 Å². The van der Waals surface area contributed by atoms with Crippen molar-refractivity contribution in [1.82, 2.24) is 9.80 Å². The second-order valence-electron chi connectivity index (χ2n) is 9.16. The van der Waals surface area contributed by atoms with E-state index in [1.807, 2.05) is 26.0 Å². The lowest BCUT2D eigenvalue weighted by molar-refractivity contribution is 0.102. The molecule has 3 aromatic rings. The normalized spacial score (nSPS) is 10.5. The van der Waals surface area contributed by atoms with E-state index in [0.717, 1.165) is 19.5 Å². The predicted molar refractivity (Wildman–Crippen MR) is 157 cm³/mol. The quantitative estimate of drug-likeness (QED) is 0.188. The third-order valence-corrected chi connectivity index (χ3v) is 6.20. The number of hydrogen-bond donors (Lipinski definition) is 3. The summed E-state index contributed by atoms with van der Waals surface area (Å²) >= 11 is 6.24. The largest absolute Gasteiger partial charge is 0.494 e. The van der Waals surface area contributed by atoms with Crippen LogP contribution < -0.4 is 15.4 Å². The molecule has 3 rings (SSSR count). The highest BCUT2D eigenvalue weighted by molar-refractivity contribution is 6.31. The van der Waals surface area contributed by atoms with E-state index in [0.29, 0.717) is 28.2 Å². The van der Waals surface area contributed by atoms with Crippen LogP contribution in [0.2, 0.25) is 5.02 Å². The van der Waals surface area contributed by atoms with Gasteiger partial charge in [-0.2, -0.15) is 0 Å². The lowest BCUT2D eigenvalue weighted by atomic mass is 10.1. The zero-order chi connectivity index (χ0) is 28.5. The Bertz CT molecular complexity index is 1380. The zero-order valence-electron chi connectivity index (χ0n) is 22.5. The Morgan fingerprint density at radius 1 is 0.949 bits per heavy atom. The highest BCUT2D eigenvalue weighted by atomic mass is 35.5. The number of amides is 2. The molecule has 2 amide bonds. The fourth-order valence-corrected chi connectivity index (χ4v) is 4.03. The first-order valence-corrected chi connectivity index (χ1v) is 12.6. The van der Waals surface area contributed by atoms with Gasteiger partial charge in [0, 0.05) is 47.1 Å². The van der Waals surface area contributed by atoms with E-state index >= 15 is 0 Å². The van der Waals surface area contributed by atoms with Crippen LogP contribution in [0.25, 0.3) is 0 Å². The van der Waals surface area contributed by atoms with Gasteiger partial charge in [0.25, 0.3) is 11.8 Å². The fourth-order valence-electron chi connectivity index (χ4n) is 3.82. The maximum atomic E-state index is 13.2. The molecule has 0 radical (unpaired) electrons. The Morgan fingerprint density at radius 3 is 2.18 bits per heavy atom. The standard InChI is InChI=1S/C30H32ClN5O3/c1-6-20-8-14-24(15-9-20)33-30(38)25-18-23(31)19-26(39-5)27(25)34-29(37)22-12-10-21(11-13-22)28(32)36(4)17-7-16-35(2)3/h1,8-15,18-19,32H,7,16-17H2,2-5H3,(H,33,38)(H,34,37). The van der Waals surface area contributed by atoms with Crippen LogP contribution in [0.3, 0.4) is 0 Å². The van der Waals surface area contributed by atoms with Gasteiger partial charge in [0.05, 0.1) is 18.4 Å². The molecule has 0 aliphatic rings. The van der Waals surface area contributed by atoms with Crippen molar-refractivity contribution in [1.29, 1.82) is 5.41 Å². The maximum Gasteiger partial charge on any atom is 0.257 e. The van der Waals surface area contributed by atoms with Crippen LogP contribution in [0.1, 0.15) is 38.3 Å². The molecule has 202 valence electrons. The fraction of sp³-hybridized carbons (Fsp3) is 0.233. The van der Waals surface area contributed by atoms with Crippen molar-refractivity contribution in [3.05, 3.63) is 87.9 Å². The first-order chi connectivity index (χ1) is 18.6. The van der Waals surface area contributed by atoms with Crippen molar-refractivity contribution in [2.45, 2.75) is 6.42 Å². The molecule has 9 heteroatoms. The van der Waals surface area contributed by atoms with E-state index in [1.54, 1.807) is 48.5 Å². The maximum absolute atomic E-state index is 13.2. The van der Waals surface area contributed by atoms with Gasteiger partial charge >= 0.3 is 0 Å². The Labute approximate surface area is 234 Å². The third-order valence-electron chi connectivity index (χ3n) is 5.98. The number of hydrogen-bond acceptors (Lipinski definition) is 5. The van der Waals surface area contributed by atoms with E-state index in [1.165, 1.54) is 19.2 Å². The summed E-state index contributed by atoms with van der Waals surface area (Å²) in [4.78, 5) is 30.3. The number of nitrogens with zero attached hydrogens (tertiary/aromatic N) is 2. The molecular formula is C30H32ClN5O3. The van der Waals surface area contributed by atoms with Crippen LogP contribution in [0, 0.1) is 17.8 Å². The molecule has 0 bridgehead atoms. The number of nitrogens with one attached hydrogen (secondary N) is 3. The van der Waals surface area contributed by atoms with Gasteiger partial charge in [-0.3, -0.25) is 15.0 Å². The second kappa shape index (κ2) is 13.5. The molecule has 0 aliphatic heterocycles. The minimum Gasteiger partial charge on any atom is -0.494 e. The Kier molecular flexibility index (Phi) is 10.1. The molecule has 0 heterocycles. The number of carbonyl (C=O) groups is 2. The van der Waals surface area contributed by atoms with Gasteiger partial charge in [-0.25, -0.2) is 0 Å². The van der Waals surface area contributed by atoms with Crippen LogP contribution in [0.15, 0.2) is 60.7 Å². The number of carbonyl (C=O) groups excluding carboxylic acids is 2. The smallest absolute Gasteiger partial charge is 0.257 e. The van der Waals surface area contributed by atoms with Gasteiger partial charge in [0.15, 0.2) is 0 Å². The molecule has 0 unspecified atom stereocenters. The SMILES string of the molecule is C#Cc1ccc(NC(=O)c2cc(Cl)cc(OC)c2NC(=O)c2ccc(C(=N)N(C)CCCN(C)C)cc2)cc1.